The molecule has 0 aliphatic carbocycles. The Morgan fingerprint density at radius 1 is 1.30 bits per heavy atom. The number of ether oxygens (including phenoxy) is 2. The van der Waals surface area contributed by atoms with Gasteiger partial charge in [0.1, 0.15) is 11.6 Å². The molecule has 0 aliphatic rings. The van der Waals surface area contributed by atoms with E-state index in [-0.39, 0.29) is 11.7 Å². The van der Waals surface area contributed by atoms with Crippen molar-refractivity contribution in [2.45, 2.75) is 32.4 Å². The second-order valence-corrected chi connectivity index (χ2v) is 6.13. The molecule has 0 bridgehead atoms. The van der Waals surface area contributed by atoms with E-state index in [1.165, 1.54) is 0 Å². The van der Waals surface area contributed by atoms with Crippen LogP contribution < -0.4 is 15.8 Å². The zero-order valence-corrected chi connectivity index (χ0v) is 15.7. The van der Waals surface area contributed by atoms with E-state index < -0.39 is 0 Å². The van der Waals surface area contributed by atoms with Gasteiger partial charge < -0.3 is 20.5 Å². The van der Waals surface area contributed by atoms with Crippen LogP contribution in [0.15, 0.2) is 49.1 Å². The molecule has 0 fully saturated rings. The Morgan fingerprint density at radius 2 is 2.15 bits per heavy atom. The monoisotopic (exact) mass is 369 g/mol. The van der Waals surface area contributed by atoms with Crippen molar-refractivity contribution in [1.82, 2.24) is 10.3 Å². The number of carbonyl (C=O) groups is 1. The molecule has 1 aromatic heterocycles. The third-order valence-corrected chi connectivity index (χ3v) is 3.94. The summed E-state index contributed by atoms with van der Waals surface area (Å²) in [5.74, 6) is 0.726. The Morgan fingerprint density at radius 3 is 2.89 bits per heavy atom. The molecule has 0 atom stereocenters. The number of nitrogens with one attached hydrogen (secondary N) is 1. The first-order valence-corrected chi connectivity index (χ1v) is 8.99. The first kappa shape index (κ1) is 20.5. The van der Waals surface area contributed by atoms with E-state index in [0.29, 0.717) is 31.0 Å². The molecule has 2 rings (SSSR count). The Bertz CT molecular complexity index is 762. The van der Waals surface area contributed by atoms with Gasteiger partial charge in [-0.1, -0.05) is 18.2 Å². The zero-order valence-electron chi connectivity index (χ0n) is 15.7. The second kappa shape index (κ2) is 11.0. The van der Waals surface area contributed by atoms with Crippen molar-refractivity contribution >= 4 is 11.7 Å². The number of anilines is 1. The van der Waals surface area contributed by atoms with E-state index in [4.69, 9.17) is 15.2 Å². The third kappa shape index (κ3) is 6.75. The fourth-order valence-corrected chi connectivity index (χ4v) is 2.54. The largest absolute Gasteiger partial charge is 0.494 e. The molecule has 1 heterocycles. The zero-order chi connectivity index (χ0) is 19.5. The van der Waals surface area contributed by atoms with Gasteiger partial charge in [0, 0.05) is 13.7 Å². The quantitative estimate of drug-likeness (QED) is 0.468. The number of nitrogens with two attached hydrogens (primary N) is 1. The van der Waals surface area contributed by atoms with Crippen molar-refractivity contribution in [3.05, 3.63) is 65.9 Å². The number of hydrogen-bond acceptors (Lipinski definition) is 5. The molecular weight excluding hydrogens is 342 g/mol. The van der Waals surface area contributed by atoms with E-state index in [1.54, 1.807) is 19.2 Å². The van der Waals surface area contributed by atoms with Gasteiger partial charge in [0.2, 0.25) is 0 Å². The SMILES string of the molecule is C=CCCCCOc1cccc(CNC(=O)c2ccc(COC)nc2N)c1. The van der Waals surface area contributed by atoms with Gasteiger partial charge in [-0.25, -0.2) is 4.98 Å². The normalized spacial score (nSPS) is 10.4. The lowest BCUT2D eigenvalue weighted by molar-refractivity contribution is 0.0951. The predicted octanol–water partition coefficient (Wildman–Crippen LogP) is 3.48. The van der Waals surface area contributed by atoms with Crippen molar-refractivity contribution in [2.24, 2.45) is 0 Å². The van der Waals surface area contributed by atoms with Gasteiger partial charge in [-0.2, -0.15) is 0 Å². The number of nitrogen functional groups attached to an aromatic ring is 1. The number of aromatic nitrogens is 1. The molecule has 2 aromatic rings. The Balaban J connectivity index is 1.87. The summed E-state index contributed by atoms with van der Waals surface area (Å²) in [5, 5.41) is 2.86. The summed E-state index contributed by atoms with van der Waals surface area (Å²) >= 11 is 0. The van der Waals surface area contributed by atoms with Crippen LogP contribution in [0.25, 0.3) is 0 Å². The summed E-state index contributed by atoms with van der Waals surface area (Å²) in [4.78, 5) is 16.5. The smallest absolute Gasteiger partial charge is 0.255 e. The highest BCUT2D eigenvalue weighted by Gasteiger charge is 2.11. The fourth-order valence-electron chi connectivity index (χ4n) is 2.54. The molecule has 144 valence electrons. The maximum atomic E-state index is 12.4. The standard InChI is InChI=1S/C21H27N3O3/c1-3-4-5-6-12-27-18-9-7-8-16(13-18)14-23-21(25)19-11-10-17(15-26-2)24-20(19)22/h3,7-11,13H,1,4-6,12,14-15H2,2H3,(H2,22,24)(H,23,25). The molecular formula is C21H27N3O3. The van der Waals surface area contributed by atoms with Crippen molar-refractivity contribution in [2.75, 3.05) is 19.5 Å². The number of carbonyl (C=O) groups excluding carboxylic acids is 1. The maximum Gasteiger partial charge on any atom is 0.255 e. The average Bonchev–Trinajstić information content (AvgIpc) is 2.67. The second-order valence-electron chi connectivity index (χ2n) is 6.13. The third-order valence-electron chi connectivity index (χ3n) is 3.94. The molecule has 0 aliphatic heterocycles. The highest BCUT2D eigenvalue weighted by atomic mass is 16.5. The molecule has 0 saturated heterocycles. The summed E-state index contributed by atoms with van der Waals surface area (Å²) in [6, 6.07) is 11.1. The minimum absolute atomic E-state index is 0.193. The van der Waals surface area contributed by atoms with Crippen LogP contribution in [0.5, 0.6) is 5.75 Å². The predicted molar refractivity (Wildman–Crippen MR) is 107 cm³/mol. The minimum atomic E-state index is -0.264. The summed E-state index contributed by atoms with van der Waals surface area (Å²) < 4.78 is 10.8. The van der Waals surface area contributed by atoms with E-state index in [0.717, 1.165) is 30.6 Å². The van der Waals surface area contributed by atoms with Crippen LogP contribution in [0.4, 0.5) is 5.82 Å². The molecule has 0 radical (unpaired) electrons. The highest BCUT2D eigenvalue weighted by molar-refractivity contribution is 5.98. The molecule has 1 amide bonds. The lowest BCUT2D eigenvalue weighted by atomic mass is 10.2. The number of hydrogen-bond donors (Lipinski definition) is 2. The van der Waals surface area contributed by atoms with Gasteiger partial charge in [-0.05, 0) is 49.1 Å². The summed E-state index contributed by atoms with van der Waals surface area (Å²) in [6.45, 7) is 5.11. The molecule has 6 nitrogen and oxygen atoms in total. The molecule has 0 spiro atoms. The highest BCUT2D eigenvalue weighted by Crippen LogP contribution is 2.15. The Kier molecular flexibility index (Phi) is 8.32. The van der Waals surface area contributed by atoms with Gasteiger partial charge in [0.05, 0.1) is 24.5 Å². The molecule has 0 saturated carbocycles. The number of methoxy groups -OCH3 is 1. The summed E-state index contributed by atoms with van der Waals surface area (Å²) in [5.41, 5.74) is 7.87. The number of rotatable bonds is 11. The van der Waals surface area contributed by atoms with Crippen molar-refractivity contribution in [1.29, 1.82) is 0 Å². The van der Waals surface area contributed by atoms with Crippen LogP contribution in [0.1, 0.15) is 40.9 Å². The van der Waals surface area contributed by atoms with Crippen LogP contribution in [-0.4, -0.2) is 24.6 Å². The van der Waals surface area contributed by atoms with E-state index in [2.05, 4.69) is 16.9 Å². The Hall–Kier alpha value is -2.86. The number of amides is 1. The average molecular weight is 369 g/mol. The van der Waals surface area contributed by atoms with Gasteiger partial charge in [0.15, 0.2) is 0 Å². The number of pyridine rings is 1. The number of allylic oxidation sites excluding steroid dienone is 1. The van der Waals surface area contributed by atoms with Crippen LogP contribution in [-0.2, 0) is 17.9 Å². The number of benzene rings is 1. The van der Waals surface area contributed by atoms with E-state index in [9.17, 15) is 4.79 Å². The molecule has 1 aromatic carbocycles. The summed E-state index contributed by atoms with van der Waals surface area (Å²) in [6.07, 6.45) is 4.97. The van der Waals surface area contributed by atoms with Gasteiger partial charge in [-0.3, -0.25) is 4.79 Å². The Labute approximate surface area is 160 Å². The van der Waals surface area contributed by atoms with Crippen LogP contribution in [0, 0.1) is 0 Å². The van der Waals surface area contributed by atoms with Gasteiger partial charge in [-0.15, -0.1) is 6.58 Å². The molecule has 6 heteroatoms. The fraction of sp³-hybridized carbons (Fsp3) is 0.333. The van der Waals surface area contributed by atoms with Crippen molar-refractivity contribution < 1.29 is 14.3 Å². The maximum absolute atomic E-state index is 12.4. The summed E-state index contributed by atoms with van der Waals surface area (Å²) in [7, 11) is 1.58. The number of unbranched alkanes of at least 4 members (excludes halogenated alkanes) is 2. The molecule has 3 N–H and O–H groups in total. The van der Waals surface area contributed by atoms with Gasteiger partial charge >= 0.3 is 0 Å². The number of nitrogens with zero attached hydrogens (tertiary/aromatic N) is 1. The first-order chi connectivity index (χ1) is 13.1. The first-order valence-electron chi connectivity index (χ1n) is 8.99. The molecule has 0 unspecified atom stereocenters. The van der Waals surface area contributed by atoms with Gasteiger partial charge in [0.25, 0.3) is 5.91 Å². The van der Waals surface area contributed by atoms with E-state index in [1.807, 2.05) is 30.3 Å². The minimum Gasteiger partial charge on any atom is -0.494 e. The topological polar surface area (TPSA) is 86.5 Å². The van der Waals surface area contributed by atoms with Crippen LogP contribution >= 0.6 is 0 Å². The van der Waals surface area contributed by atoms with Crippen LogP contribution in [0.3, 0.4) is 0 Å². The lowest BCUT2D eigenvalue weighted by Gasteiger charge is -2.10. The van der Waals surface area contributed by atoms with Crippen molar-refractivity contribution in [3.8, 4) is 5.75 Å². The molecule has 27 heavy (non-hydrogen) atoms. The van der Waals surface area contributed by atoms with Crippen molar-refractivity contribution in [3.63, 3.8) is 0 Å². The lowest BCUT2D eigenvalue weighted by Crippen LogP contribution is -2.24. The van der Waals surface area contributed by atoms with Crippen LogP contribution in [0.2, 0.25) is 0 Å². The van der Waals surface area contributed by atoms with E-state index >= 15 is 0 Å².